The Morgan fingerprint density at radius 2 is 2.40 bits per heavy atom. The molecule has 0 atom stereocenters. The van der Waals surface area contributed by atoms with Crippen molar-refractivity contribution in [2.45, 2.75) is 12.8 Å². The second kappa shape index (κ2) is 3.53. The third-order valence-electron chi connectivity index (χ3n) is 1.30. The van der Waals surface area contributed by atoms with Crippen LogP contribution in [0, 0.1) is 5.92 Å². The molecule has 0 unspecified atom stereocenters. The minimum Gasteiger partial charge on any atom is -0.356 e. The van der Waals surface area contributed by atoms with Crippen LogP contribution >= 0.6 is 0 Å². The van der Waals surface area contributed by atoms with E-state index < -0.39 is 0 Å². The van der Waals surface area contributed by atoms with Crippen molar-refractivity contribution in [3.63, 3.8) is 0 Å². The van der Waals surface area contributed by atoms with Crippen molar-refractivity contribution in [1.29, 1.82) is 0 Å². The van der Waals surface area contributed by atoms with Gasteiger partial charge >= 0.3 is 0 Å². The zero-order chi connectivity index (χ0) is 7.40. The van der Waals surface area contributed by atoms with Crippen molar-refractivity contribution in [1.82, 2.24) is 5.48 Å². The fraction of sp³-hybridized carbons (Fsp3) is 0.833. The summed E-state index contributed by atoms with van der Waals surface area (Å²) in [5.41, 5.74) is 2.28. The summed E-state index contributed by atoms with van der Waals surface area (Å²) in [6, 6.07) is 0. The Hall–Kier alpha value is -0.610. The quantitative estimate of drug-likeness (QED) is 0.345. The first-order valence-corrected chi connectivity index (χ1v) is 3.25. The minimum absolute atomic E-state index is 0.0305. The van der Waals surface area contributed by atoms with Crippen molar-refractivity contribution in [2.24, 2.45) is 5.92 Å². The highest BCUT2D eigenvalue weighted by atomic mass is 16.8. The molecular formula is C6H11NO3. The Kier molecular flexibility index (Phi) is 2.65. The lowest BCUT2D eigenvalue weighted by molar-refractivity contribution is -0.145. The van der Waals surface area contributed by atoms with E-state index >= 15 is 0 Å². The zero-order valence-electron chi connectivity index (χ0n) is 5.92. The molecule has 1 rings (SSSR count). The van der Waals surface area contributed by atoms with Crippen LogP contribution in [-0.4, -0.2) is 19.8 Å². The summed E-state index contributed by atoms with van der Waals surface area (Å²) in [6.07, 6.45) is 1.98. The van der Waals surface area contributed by atoms with Crippen LogP contribution in [0.2, 0.25) is 0 Å². The summed E-state index contributed by atoms with van der Waals surface area (Å²) in [6.45, 7) is 0.110. The molecule has 0 saturated heterocycles. The molecule has 1 aliphatic rings. The number of hydrogen-bond donors (Lipinski definition) is 1. The van der Waals surface area contributed by atoms with Gasteiger partial charge in [0.15, 0.2) is 6.79 Å². The molecule has 0 aromatic heterocycles. The molecule has 0 bridgehead atoms. The van der Waals surface area contributed by atoms with Crippen LogP contribution in [0.4, 0.5) is 0 Å². The third-order valence-corrected chi connectivity index (χ3v) is 1.30. The molecule has 1 saturated carbocycles. The van der Waals surface area contributed by atoms with E-state index in [9.17, 15) is 4.79 Å². The summed E-state index contributed by atoms with van der Waals surface area (Å²) in [5, 5.41) is 0. The molecule has 0 aromatic carbocycles. The molecule has 1 fully saturated rings. The van der Waals surface area contributed by atoms with Gasteiger partial charge in [-0.2, -0.15) is 0 Å². The maximum atomic E-state index is 10.8. The van der Waals surface area contributed by atoms with Gasteiger partial charge in [0.05, 0.1) is 0 Å². The van der Waals surface area contributed by atoms with E-state index in [2.05, 4.69) is 15.1 Å². The van der Waals surface area contributed by atoms with Gasteiger partial charge in [0, 0.05) is 13.0 Å². The normalized spacial score (nSPS) is 16.9. The number of amides is 1. The molecule has 0 spiro atoms. The van der Waals surface area contributed by atoms with Crippen LogP contribution in [0.25, 0.3) is 0 Å². The molecule has 0 heterocycles. The number of rotatable bonds is 4. The van der Waals surface area contributed by atoms with Crippen molar-refractivity contribution in [3.05, 3.63) is 0 Å². The van der Waals surface area contributed by atoms with Crippen molar-refractivity contribution >= 4 is 5.91 Å². The van der Waals surface area contributed by atoms with E-state index in [0.717, 1.165) is 12.8 Å². The Labute approximate surface area is 59.5 Å². The first kappa shape index (κ1) is 7.50. The summed E-state index contributed by atoms with van der Waals surface area (Å²) in [7, 11) is 1.50. The Morgan fingerprint density at radius 1 is 1.70 bits per heavy atom. The first-order chi connectivity index (χ1) is 4.84. The number of carbonyl (C=O) groups excluding carboxylic acids is 1. The molecule has 1 aliphatic carbocycles. The van der Waals surface area contributed by atoms with Gasteiger partial charge in [0.2, 0.25) is 5.91 Å². The average molecular weight is 145 g/mol. The van der Waals surface area contributed by atoms with E-state index in [1.165, 1.54) is 7.11 Å². The summed E-state index contributed by atoms with van der Waals surface area (Å²) in [4.78, 5) is 15.4. The largest absolute Gasteiger partial charge is 0.356 e. The molecule has 10 heavy (non-hydrogen) atoms. The van der Waals surface area contributed by atoms with Crippen LogP contribution in [0.3, 0.4) is 0 Å². The number of hydroxylamine groups is 1. The van der Waals surface area contributed by atoms with Crippen molar-refractivity contribution in [3.8, 4) is 0 Å². The smallest absolute Gasteiger partial charge is 0.246 e. The molecule has 0 radical (unpaired) electrons. The van der Waals surface area contributed by atoms with Gasteiger partial charge in [-0.15, -0.1) is 0 Å². The van der Waals surface area contributed by atoms with Gasteiger partial charge < -0.3 is 4.74 Å². The van der Waals surface area contributed by atoms with E-state index in [1.807, 2.05) is 0 Å². The minimum atomic E-state index is -0.0305. The monoisotopic (exact) mass is 145 g/mol. The fourth-order valence-electron chi connectivity index (χ4n) is 0.588. The zero-order valence-corrected chi connectivity index (χ0v) is 5.92. The van der Waals surface area contributed by atoms with Gasteiger partial charge in [0.25, 0.3) is 0 Å². The lowest BCUT2D eigenvalue weighted by atomic mass is 10.4. The lowest BCUT2D eigenvalue weighted by Gasteiger charge is -2.01. The van der Waals surface area contributed by atoms with E-state index in [-0.39, 0.29) is 18.6 Å². The number of methoxy groups -OCH3 is 1. The Bertz CT molecular complexity index is 122. The van der Waals surface area contributed by atoms with Gasteiger partial charge in [-0.05, 0) is 12.8 Å². The predicted molar refractivity (Wildman–Crippen MR) is 33.8 cm³/mol. The molecule has 1 N–H and O–H groups in total. The van der Waals surface area contributed by atoms with Gasteiger partial charge in [-0.1, -0.05) is 0 Å². The van der Waals surface area contributed by atoms with Gasteiger partial charge in [-0.25, -0.2) is 10.3 Å². The highest BCUT2D eigenvalue weighted by Gasteiger charge is 2.29. The van der Waals surface area contributed by atoms with E-state index in [1.54, 1.807) is 0 Å². The summed E-state index contributed by atoms with van der Waals surface area (Å²) < 4.78 is 4.56. The summed E-state index contributed by atoms with van der Waals surface area (Å²) in [5.74, 6) is 0.161. The summed E-state index contributed by atoms with van der Waals surface area (Å²) >= 11 is 0. The first-order valence-electron chi connectivity index (χ1n) is 3.25. The van der Waals surface area contributed by atoms with Gasteiger partial charge in [-0.3, -0.25) is 4.79 Å². The number of nitrogens with one attached hydrogen (secondary N) is 1. The molecule has 0 aromatic rings. The van der Waals surface area contributed by atoms with Crippen LogP contribution < -0.4 is 5.48 Å². The van der Waals surface area contributed by atoms with Gasteiger partial charge in [0.1, 0.15) is 0 Å². The predicted octanol–water partition coefficient (Wildman–Crippen LogP) is 0.0481. The van der Waals surface area contributed by atoms with E-state index in [0.29, 0.717) is 0 Å². The second-order valence-electron chi connectivity index (χ2n) is 2.29. The Morgan fingerprint density at radius 3 is 2.90 bits per heavy atom. The van der Waals surface area contributed by atoms with Crippen LogP contribution in [0.15, 0.2) is 0 Å². The Balaban J connectivity index is 1.95. The average Bonchev–Trinajstić information content (AvgIpc) is 2.69. The SMILES string of the molecule is COCONC(=O)C1CC1. The highest BCUT2D eigenvalue weighted by Crippen LogP contribution is 2.28. The molecular weight excluding hydrogens is 134 g/mol. The third kappa shape index (κ3) is 2.33. The van der Waals surface area contributed by atoms with Crippen LogP contribution in [0.5, 0.6) is 0 Å². The molecule has 4 nitrogen and oxygen atoms in total. The number of ether oxygens (including phenoxy) is 1. The van der Waals surface area contributed by atoms with Crippen molar-refractivity contribution < 1.29 is 14.4 Å². The highest BCUT2D eigenvalue weighted by molar-refractivity contribution is 5.79. The molecule has 4 heteroatoms. The number of hydrogen-bond acceptors (Lipinski definition) is 3. The number of carbonyl (C=O) groups is 1. The van der Waals surface area contributed by atoms with Crippen LogP contribution in [0.1, 0.15) is 12.8 Å². The standard InChI is InChI=1S/C6H11NO3/c1-9-4-10-7-6(8)5-2-3-5/h5H,2-4H2,1H3,(H,7,8). The molecule has 1 amide bonds. The molecule has 58 valence electrons. The maximum Gasteiger partial charge on any atom is 0.246 e. The second-order valence-corrected chi connectivity index (χ2v) is 2.29. The topological polar surface area (TPSA) is 47.6 Å². The maximum absolute atomic E-state index is 10.8. The fourth-order valence-corrected chi connectivity index (χ4v) is 0.588. The van der Waals surface area contributed by atoms with E-state index in [4.69, 9.17) is 0 Å². The lowest BCUT2D eigenvalue weighted by Crippen LogP contribution is -2.25. The van der Waals surface area contributed by atoms with Crippen molar-refractivity contribution in [2.75, 3.05) is 13.9 Å². The van der Waals surface area contributed by atoms with Crippen LogP contribution in [-0.2, 0) is 14.4 Å². The molecule has 0 aliphatic heterocycles.